The van der Waals surface area contributed by atoms with Gasteiger partial charge in [0.2, 0.25) is 0 Å². The first-order chi connectivity index (χ1) is 10.1. The Morgan fingerprint density at radius 3 is 2.24 bits per heavy atom. The lowest BCUT2D eigenvalue weighted by Gasteiger charge is -2.18. The molecule has 2 rings (SSSR count). The molecule has 0 bridgehead atoms. The van der Waals surface area contributed by atoms with Crippen LogP contribution in [0, 0.1) is 5.82 Å². The number of esters is 1. The summed E-state index contributed by atoms with van der Waals surface area (Å²) >= 11 is 0. The van der Waals surface area contributed by atoms with Gasteiger partial charge in [-0.05, 0) is 35.4 Å². The summed E-state index contributed by atoms with van der Waals surface area (Å²) in [4.78, 5) is 11.3. The van der Waals surface area contributed by atoms with Crippen LogP contribution in [0.1, 0.15) is 24.2 Å². The van der Waals surface area contributed by atoms with E-state index < -0.39 is 6.10 Å². The van der Waals surface area contributed by atoms with Gasteiger partial charge < -0.3 is 9.47 Å². The van der Waals surface area contributed by atoms with Crippen LogP contribution in [0.3, 0.4) is 0 Å². The number of halogens is 1. The number of ether oxygens (including phenoxy) is 2. The van der Waals surface area contributed by atoms with E-state index in [-0.39, 0.29) is 11.8 Å². The van der Waals surface area contributed by atoms with Gasteiger partial charge >= 0.3 is 5.97 Å². The van der Waals surface area contributed by atoms with E-state index >= 15 is 0 Å². The minimum atomic E-state index is -0.404. The Morgan fingerprint density at radius 1 is 1.10 bits per heavy atom. The molecular weight excluding hydrogens is 271 g/mol. The third kappa shape index (κ3) is 4.31. The molecule has 0 heterocycles. The summed E-state index contributed by atoms with van der Waals surface area (Å²) < 4.78 is 23.4. The van der Waals surface area contributed by atoms with E-state index in [1.807, 2.05) is 24.3 Å². The number of carbonyl (C=O) groups excluding carboxylic acids is 1. The SMILES string of the molecule is COc1ccc(C(Cc2ccc(F)cc2)OC(C)=O)cc1. The van der Waals surface area contributed by atoms with Crippen LogP contribution >= 0.6 is 0 Å². The summed E-state index contributed by atoms with van der Waals surface area (Å²) in [5, 5.41) is 0. The molecule has 0 fully saturated rings. The van der Waals surface area contributed by atoms with Crippen molar-refractivity contribution in [3.05, 3.63) is 65.5 Å². The van der Waals surface area contributed by atoms with Crippen molar-refractivity contribution in [3.63, 3.8) is 0 Å². The maximum Gasteiger partial charge on any atom is 0.303 e. The van der Waals surface area contributed by atoms with Gasteiger partial charge in [-0.15, -0.1) is 0 Å². The lowest BCUT2D eigenvalue weighted by molar-refractivity contribution is -0.146. The second-order valence-electron chi connectivity index (χ2n) is 4.70. The molecule has 2 aromatic carbocycles. The molecule has 1 atom stereocenters. The van der Waals surface area contributed by atoms with Crippen molar-refractivity contribution in [2.75, 3.05) is 7.11 Å². The smallest absolute Gasteiger partial charge is 0.303 e. The second kappa shape index (κ2) is 6.88. The Bertz CT molecular complexity index is 590. The lowest BCUT2D eigenvalue weighted by atomic mass is 10.0. The monoisotopic (exact) mass is 288 g/mol. The van der Waals surface area contributed by atoms with Gasteiger partial charge in [-0.25, -0.2) is 4.39 Å². The van der Waals surface area contributed by atoms with Crippen molar-refractivity contribution in [2.24, 2.45) is 0 Å². The third-order valence-electron chi connectivity index (χ3n) is 3.13. The normalized spacial score (nSPS) is 11.8. The Hall–Kier alpha value is -2.36. The van der Waals surface area contributed by atoms with Gasteiger partial charge in [0.15, 0.2) is 0 Å². The third-order valence-corrected chi connectivity index (χ3v) is 3.13. The van der Waals surface area contributed by atoms with Crippen molar-refractivity contribution >= 4 is 5.97 Å². The summed E-state index contributed by atoms with van der Waals surface area (Å²) in [7, 11) is 1.59. The Balaban J connectivity index is 2.20. The fraction of sp³-hybridized carbons (Fsp3) is 0.235. The highest BCUT2D eigenvalue weighted by molar-refractivity contribution is 5.66. The van der Waals surface area contributed by atoms with Gasteiger partial charge in [-0.1, -0.05) is 24.3 Å². The van der Waals surface area contributed by atoms with Crippen LogP contribution in [-0.2, 0) is 16.0 Å². The number of hydrogen-bond donors (Lipinski definition) is 0. The van der Waals surface area contributed by atoms with Crippen LogP contribution in [0.2, 0.25) is 0 Å². The average molecular weight is 288 g/mol. The predicted octanol–water partition coefficient (Wildman–Crippen LogP) is 3.68. The average Bonchev–Trinajstić information content (AvgIpc) is 2.48. The molecule has 2 aromatic rings. The highest BCUT2D eigenvalue weighted by Gasteiger charge is 2.16. The zero-order chi connectivity index (χ0) is 15.2. The van der Waals surface area contributed by atoms with E-state index in [1.165, 1.54) is 19.1 Å². The minimum Gasteiger partial charge on any atom is -0.497 e. The van der Waals surface area contributed by atoms with Crippen LogP contribution in [0.25, 0.3) is 0 Å². The van der Waals surface area contributed by atoms with Gasteiger partial charge in [0.1, 0.15) is 17.7 Å². The summed E-state index contributed by atoms with van der Waals surface area (Å²) in [6.07, 6.45) is 0.0884. The molecule has 3 nitrogen and oxygen atoms in total. The Labute approximate surface area is 123 Å². The van der Waals surface area contributed by atoms with E-state index in [9.17, 15) is 9.18 Å². The molecule has 0 radical (unpaired) electrons. The largest absolute Gasteiger partial charge is 0.497 e. The molecule has 4 heteroatoms. The summed E-state index contributed by atoms with van der Waals surface area (Å²) in [5.74, 6) is 0.104. The standard InChI is InChI=1S/C17H17FO3/c1-12(19)21-17(11-13-3-7-15(18)8-4-13)14-5-9-16(20-2)10-6-14/h3-10,17H,11H2,1-2H3. The fourth-order valence-electron chi connectivity index (χ4n) is 2.08. The number of hydrogen-bond acceptors (Lipinski definition) is 3. The number of carbonyl (C=O) groups is 1. The highest BCUT2D eigenvalue weighted by Crippen LogP contribution is 2.25. The van der Waals surface area contributed by atoms with Crippen molar-refractivity contribution in [1.29, 1.82) is 0 Å². The van der Waals surface area contributed by atoms with Gasteiger partial charge in [-0.3, -0.25) is 4.79 Å². The first-order valence-corrected chi connectivity index (χ1v) is 6.64. The molecule has 1 unspecified atom stereocenters. The molecule has 0 N–H and O–H groups in total. The molecule has 0 spiro atoms. The quantitative estimate of drug-likeness (QED) is 0.787. The van der Waals surface area contributed by atoms with Crippen LogP contribution in [-0.4, -0.2) is 13.1 Å². The molecular formula is C17H17FO3. The number of benzene rings is 2. The van der Waals surface area contributed by atoms with Crippen molar-refractivity contribution in [2.45, 2.75) is 19.4 Å². The molecule has 21 heavy (non-hydrogen) atoms. The van der Waals surface area contributed by atoms with E-state index in [1.54, 1.807) is 19.2 Å². The molecule has 0 saturated heterocycles. The van der Waals surface area contributed by atoms with E-state index in [0.29, 0.717) is 6.42 Å². The van der Waals surface area contributed by atoms with Gasteiger partial charge in [0.05, 0.1) is 7.11 Å². The Kier molecular flexibility index (Phi) is 4.93. The van der Waals surface area contributed by atoms with Gasteiger partial charge in [-0.2, -0.15) is 0 Å². The topological polar surface area (TPSA) is 35.5 Å². The van der Waals surface area contributed by atoms with E-state index in [2.05, 4.69) is 0 Å². The molecule has 0 aromatic heterocycles. The summed E-state index contributed by atoms with van der Waals surface area (Å²) in [6.45, 7) is 1.38. The van der Waals surface area contributed by atoms with Gasteiger partial charge in [0, 0.05) is 13.3 Å². The summed E-state index contributed by atoms with van der Waals surface area (Å²) in [5.41, 5.74) is 1.77. The first kappa shape index (κ1) is 15.0. The molecule has 110 valence electrons. The van der Waals surface area contributed by atoms with Crippen molar-refractivity contribution in [1.82, 2.24) is 0 Å². The van der Waals surface area contributed by atoms with Crippen LogP contribution < -0.4 is 4.74 Å². The lowest BCUT2D eigenvalue weighted by Crippen LogP contribution is -2.11. The fourth-order valence-corrected chi connectivity index (χ4v) is 2.08. The first-order valence-electron chi connectivity index (χ1n) is 6.64. The maximum absolute atomic E-state index is 12.9. The second-order valence-corrected chi connectivity index (χ2v) is 4.70. The zero-order valence-electron chi connectivity index (χ0n) is 12.0. The minimum absolute atomic E-state index is 0.285. The van der Waals surface area contributed by atoms with Crippen molar-refractivity contribution in [3.8, 4) is 5.75 Å². The van der Waals surface area contributed by atoms with Crippen LogP contribution in [0.5, 0.6) is 5.75 Å². The summed E-state index contributed by atoms with van der Waals surface area (Å²) in [6, 6.07) is 13.5. The highest BCUT2D eigenvalue weighted by atomic mass is 19.1. The number of methoxy groups -OCH3 is 1. The predicted molar refractivity (Wildman–Crippen MR) is 77.6 cm³/mol. The Morgan fingerprint density at radius 2 is 1.71 bits per heavy atom. The molecule has 0 aliphatic heterocycles. The molecule has 0 aliphatic carbocycles. The molecule has 0 amide bonds. The van der Waals surface area contributed by atoms with E-state index in [4.69, 9.17) is 9.47 Å². The van der Waals surface area contributed by atoms with E-state index in [0.717, 1.165) is 16.9 Å². The van der Waals surface area contributed by atoms with Crippen molar-refractivity contribution < 1.29 is 18.7 Å². The maximum atomic E-state index is 12.9. The van der Waals surface area contributed by atoms with Gasteiger partial charge in [0.25, 0.3) is 0 Å². The van der Waals surface area contributed by atoms with Crippen LogP contribution in [0.4, 0.5) is 4.39 Å². The number of rotatable bonds is 5. The molecule has 0 aliphatic rings. The molecule has 0 saturated carbocycles. The zero-order valence-corrected chi connectivity index (χ0v) is 12.0. The van der Waals surface area contributed by atoms with Crippen LogP contribution in [0.15, 0.2) is 48.5 Å².